The van der Waals surface area contributed by atoms with Crippen LogP contribution in [-0.4, -0.2) is 23.8 Å². The standard InChI is InChI=1S/C11H11F5O/c12-10(13,11(14,15)16)7-9-3-1-8(2-4-9)5-6-17/h1-4,17H,5-7H2. The third-order valence-electron chi connectivity index (χ3n) is 2.26. The van der Waals surface area contributed by atoms with Gasteiger partial charge < -0.3 is 5.11 Å². The van der Waals surface area contributed by atoms with Gasteiger partial charge in [-0.15, -0.1) is 0 Å². The molecule has 0 radical (unpaired) electrons. The van der Waals surface area contributed by atoms with Crippen molar-refractivity contribution < 1.29 is 27.1 Å². The first-order valence-electron chi connectivity index (χ1n) is 4.89. The molecule has 0 amide bonds. The van der Waals surface area contributed by atoms with Gasteiger partial charge in [0.2, 0.25) is 0 Å². The molecule has 0 saturated carbocycles. The van der Waals surface area contributed by atoms with Gasteiger partial charge >= 0.3 is 12.1 Å². The fourth-order valence-electron chi connectivity index (χ4n) is 1.31. The smallest absolute Gasteiger partial charge is 0.396 e. The van der Waals surface area contributed by atoms with Crippen molar-refractivity contribution in [1.82, 2.24) is 0 Å². The molecule has 1 N–H and O–H groups in total. The number of hydrogen-bond donors (Lipinski definition) is 1. The monoisotopic (exact) mass is 254 g/mol. The highest BCUT2D eigenvalue weighted by Crippen LogP contribution is 2.37. The number of aliphatic hydroxyl groups excluding tert-OH is 1. The molecule has 0 saturated heterocycles. The van der Waals surface area contributed by atoms with Crippen molar-refractivity contribution in [1.29, 1.82) is 0 Å². The number of rotatable bonds is 4. The van der Waals surface area contributed by atoms with Crippen LogP contribution in [0.15, 0.2) is 24.3 Å². The van der Waals surface area contributed by atoms with Gasteiger partial charge in [-0.05, 0) is 17.5 Å². The van der Waals surface area contributed by atoms with E-state index in [4.69, 9.17) is 5.11 Å². The van der Waals surface area contributed by atoms with Gasteiger partial charge in [0.05, 0.1) is 0 Å². The van der Waals surface area contributed by atoms with Crippen LogP contribution in [0.1, 0.15) is 11.1 Å². The van der Waals surface area contributed by atoms with Crippen molar-refractivity contribution in [2.75, 3.05) is 6.61 Å². The minimum Gasteiger partial charge on any atom is -0.396 e. The molecule has 0 unspecified atom stereocenters. The SMILES string of the molecule is OCCc1ccc(CC(F)(F)C(F)(F)F)cc1. The molecule has 0 aliphatic carbocycles. The van der Waals surface area contributed by atoms with E-state index in [1.165, 1.54) is 24.3 Å². The second-order valence-corrected chi connectivity index (χ2v) is 3.67. The van der Waals surface area contributed by atoms with Gasteiger partial charge in [0, 0.05) is 13.0 Å². The van der Waals surface area contributed by atoms with Gasteiger partial charge in [0.25, 0.3) is 0 Å². The van der Waals surface area contributed by atoms with Crippen molar-refractivity contribution in [3.8, 4) is 0 Å². The summed E-state index contributed by atoms with van der Waals surface area (Å²) in [6.07, 6.45) is -6.55. The summed E-state index contributed by atoms with van der Waals surface area (Å²) in [4.78, 5) is 0. The molecule has 0 spiro atoms. The van der Waals surface area contributed by atoms with Crippen LogP contribution in [0.4, 0.5) is 22.0 Å². The molecule has 96 valence electrons. The summed E-state index contributed by atoms with van der Waals surface area (Å²) in [6.45, 7) is -0.0991. The van der Waals surface area contributed by atoms with Crippen LogP contribution in [0.3, 0.4) is 0 Å². The molecule has 0 atom stereocenters. The Balaban J connectivity index is 2.76. The Morgan fingerprint density at radius 1 is 0.882 bits per heavy atom. The first-order valence-corrected chi connectivity index (χ1v) is 4.89. The summed E-state index contributed by atoms with van der Waals surface area (Å²) in [5.74, 6) is -4.72. The van der Waals surface area contributed by atoms with Crippen molar-refractivity contribution in [2.24, 2.45) is 0 Å². The Hall–Kier alpha value is -1.17. The van der Waals surface area contributed by atoms with Gasteiger partial charge in [0.1, 0.15) is 0 Å². The molecular formula is C11H11F5O. The van der Waals surface area contributed by atoms with Gasteiger partial charge in [-0.1, -0.05) is 24.3 Å². The molecule has 1 nitrogen and oxygen atoms in total. The maximum absolute atomic E-state index is 12.7. The van der Waals surface area contributed by atoms with Crippen molar-refractivity contribution in [2.45, 2.75) is 24.9 Å². The summed E-state index contributed by atoms with van der Waals surface area (Å²) >= 11 is 0. The number of halogens is 5. The van der Waals surface area contributed by atoms with E-state index in [1.54, 1.807) is 0 Å². The van der Waals surface area contributed by atoms with Gasteiger partial charge in [-0.25, -0.2) is 0 Å². The second-order valence-electron chi connectivity index (χ2n) is 3.67. The lowest BCUT2D eigenvalue weighted by atomic mass is 10.0. The molecule has 0 aliphatic rings. The minimum atomic E-state index is -5.53. The average molecular weight is 254 g/mol. The van der Waals surface area contributed by atoms with E-state index in [9.17, 15) is 22.0 Å². The molecule has 0 fully saturated rings. The topological polar surface area (TPSA) is 20.2 Å². The zero-order chi connectivity index (χ0) is 13.1. The van der Waals surface area contributed by atoms with Crippen LogP contribution in [-0.2, 0) is 12.8 Å². The number of aliphatic hydroxyl groups is 1. The molecule has 0 bridgehead atoms. The van der Waals surface area contributed by atoms with Crippen LogP contribution in [0.5, 0.6) is 0 Å². The Kier molecular flexibility index (Phi) is 4.08. The third-order valence-corrected chi connectivity index (χ3v) is 2.26. The van der Waals surface area contributed by atoms with Crippen molar-refractivity contribution in [3.05, 3.63) is 35.4 Å². The second kappa shape index (κ2) is 5.00. The van der Waals surface area contributed by atoms with E-state index in [0.717, 1.165) is 0 Å². The van der Waals surface area contributed by atoms with Crippen LogP contribution in [0, 0.1) is 0 Å². The lowest BCUT2D eigenvalue weighted by molar-refractivity contribution is -0.281. The molecule has 17 heavy (non-hydrogen) atoms. The highest BCUT2D eigenvalue weighted by Gasteiger charge is 2.56. The Bertz CT molecular complexity index is 355. The van der Waals surface area contributed by atoms with E-state index < -0.39 is 18.5 Å². The maximum atomic E-state index is 12.7. The molecule has 1 aromatic carbocycles. The van der Waals surface area contributed by atoms with E-state index >= 15 is 0 Å². The lowest BCUT2D eigenvalue weighted by Gasteiger charge is -2.19. The van der Waals surface area contributed by atoms with Gasteiger partial charge in [-0.2, -0.15) is 22.0 Å². The predicted molar refractivity (Wildman–Crippen MR) is 51.9 cm³/mol. The molecule has 1 rings (SSSR count). The summed E-state index contributed by atoms with van der Waals surface area (Å²) in [6, 6.07) is 5.28. The van der Waals surface area contributed by atoms with Gasteiger partial charge in [0.15, 0.2) is 0 Å². The van der Waals surface area contributed by atoms with Crippen molar-refractivity contribution >= 4 is 0 Å². The van der Waals surface area contributed by atoms with Gasteiger partial charge in [-0.3, -0.25) is 0 Å². The van der Waals surface area contributed by atoms with Crippen LogP contribution < -0.4 is 0 Å². The molecule has 1 aromatic rings. The fourth-order valence-corrected chi connectivity index (χ4v) is 1.31. The van der Waals surface area contributed by atoms with Crippen LogP contribution >= 0.6 is 0 Å². The van der Waals surface area contributed by atoms with E-state index in [1.807, 2.05) is 0 Å². The normalized spacial score (nSPS) is 12.8. The van der Waals surface area contributed by atoms with E-state index in [-0.39, 0.29) is 12.2 Å². The zero-order valence-electron chi connectivity index (χ0n) is 8.77. The van der Waals surface area contributed by atoms with Crippen molar-refractivity contribution in [3.63, 3.8) is 0 Å². The minimum absolute atomic E-state index is 0.0889. The fraction of sp³-hybridized carbons (Fsp3) is 0.455. The predicted octanol–water partition coefficient (Wildman–Crippen LogP) is 2.96. The van der Waals surface area contributed by atoms with E-state index in [0.29, 0.717) is 12.0 Å². The Morgan fingerprint density at radius 3 is 1.76 bits per heavy atom. The Labute approximate surface area is 94.9 Å². The average Bonchev–Trinajstić information content (AvgIpc) is 2.19. The highest BCUT2D eigenvalue weighted by atomic mass is 19.4. The molecule has 6 heteroatoms. The summed E-state index contributed by atoms with van der Waals surface area (Å²) in [7, 11) is 0. The summed E-state index contributed by atoms with van der Waals surface area (Å²) < 4.78 is 61.2. The zero-order valence-corrected chi connectivity index (χ0v) is 8.77. The molecular weight excluding hydrogens is 243 g/mol. The molecule has 0 aromatic heterocycles. The third kappa shape index (κ3) is 3.66. The maximum Gasteiger partial charge on any atom is 0.453 e. The Morgan fingerprint density at radius 2 is 1.35 bits per heavy atom. The number of alkyl halides is 5. The summed E-state index contributed by atoms with van der Waals surface area (Å²) in [5.41, 5.74) is 0.598. The highest BCUT2D eigenvalue weighted by molar-refractivity contribution is 5.23. The largest absolute Gasteiger partial charge is 0.453 e. The lowest BCUT2D eigenvalue weighted by Crippen LogP contribution is -2.38. The molecule has 0 heterocycles. The first-order chi connectivity index (χ1) is 7.76. The van der Waals surface area contributed by atoms with E-state index in [2.05, 4.69) is 0 Å². The first kappa shape index (κ1) is 13.9. The number of hydrogen-bond acceptors (Lipinski definition) is 1. The molecule has 0 aliphatic heterocycles. The number of benzene rings is 1. The van der Waals surface area contributed by atoms with Crippen LogP contribution in [0.2, 0.25) is 0 Å². The quantitative estimate of drug-likeness (QED) is 0.819. The van der Waals surface area contributed by atoms with Crippen LogP contribution in [0.25, 0.3) is 0 Å². The summed E-state index contributed by atoms with van der Waals surface area (Å²) in [5, 5.41) is 8.61.